The minimum Gasteiger partial charge on any atom is -0.328 e. The summed E-state index contributed by atoms with van der Waals surface area (Å²) >= 11 is 0. The molecule has 0 bridgehead atoms. The highest BCUT2D eigenvalue weighted by Gasteiger charge is 2.51. The Morgan fingerprint density at radius 3 is 2.47 bits per heavy atom. The van der Waals surface area contributed by atoms with Crippen LogP contribution in [-0.2, 0) is 16.1 Å². The molecule has 2 atom stereocenters. The molecule has 6 nitrogen and oxygen atoms in total. The molecule has 6 heteroatoms. The summed E-state index contributed by atoms with van der Waals surface area (Å²) in [7, 11) is 0. The van der Waals surface area contributed by atoms with Gasteiger partial charge in [-0.15, -0.1) is 0 Å². The van der Waals surface area contributed by atoms with Crippen LogP contribution in [-0.4, -0.2) is 33.9 Å². The standard InChI is InChI=1S/C24H23N3O3/c1-17-8-10-19(11-9-17)22(28)20-21(18-6-3-2-4-7-18)27(24(30)23(20)29)14-5-13-26-15-12-25-16-26/h2-4,6-12,15-16,20-21H,5,13-14H2,1H3/p+1. The number of imidazole rings is 1. The number of likely N-dealkylation sites (tertiary alicyclic amines) is 1. The number of amides is 1. The Kier molecular flexibility index (Phi) is 5.57. The molecule has 1 aromatic heterocycles. The molecule has 1 amide bonds. The van der Waals surface area contributed by atoms with Gasteiger partial charge in [0.05, 0.1) is 12.6 Å². The summed E-state index contributed by atoms with van der Waals surface area (Å²) in [6.07, 6.45) is 6.26. The molecule has 0 saturated carbocycles. The number of aromatic nitrogens is 2. The number of carbonyl (C=O) groups is 3. The van der Waals surface area contributed by atoms with Crippen molar-refractivity contribution in [3.63, 3.8) is 0 Å². The van der Waals surface area contributed by atoms with Crippen molar-refractivity contribution in [3.8, 4) is 0 Å². The molecule has 2 heterocycles. The molecule has 0 spiro atoms. The molecule has 1 aliphatic rings. The number of hydrogen-bond donors (Lipinski definition) is 1. The summed E-state index contributed by atoms with van der Waals surface area (Å²) in [6.45, 7) is 3.05. The lowest BCUT2D eigenvalue weighted by Crippen LogP contribution is -2.36. The van der Waals surface area contributed by atoms with E-state index in [4.69, 9.17) is 0 Å². The largest absolute Gasteiger partial charge is 0.328 e. The minimum absolute atomic E-state index is 0.301. The van der Waals surface area contributed by atoms with Crippen LogP contribution in [0.2, 0.25) is 0 Å². The highest BCUT2D eigenvalue weighted by atomic mass is 16.2. The van der Waals surface area contributed by atoms with E-state index < -0.39 is 23.7 Å². The zero-order valence-electron chi connectivity index (χ0n) is 16.8. The first kappa shape index (κ1) is 19.8. The van der Waals surface area contributed by atoms with Gasteiger partial charge in [0.1, 0.15) is 18.3 Å². The Labute approximate surface area is 175 Å². The quantitative estimate of drug-likeness (QED) is 0.286. The smallest absolute Gasteiger partial charge is 0.291 e. The van der Waals surface area contributed by atoms with E-state index in [1.165, 1.54) is 0 Å². The number of hydrogen-bond acceptors (Lipinski definition) is 3. The molecular formula is C24H24N3O3+. The Balaban J connectivity index is 1.64. The van der Waals surface area contributed by atoms with Crippen molar-refractivity contribution in [2.45, 2.75) is 25.9 Å². The fraction of sp³-hybridized carbons (Fsp3) is 0.250. The molecule has 30 heavy (non-hydrogen) atoms. The summed E-state index contributed by atoms with van der Waals surface area (Å²) in [5.41, 5.74) is 2.29. The van der Waals surface area contributed by atoms with E-state index in [0.717, 1.165) is 11.1 Å². The number of aryl methyl sites for hydroxylation is 2. The SMILES string of the molecule is Cc1ccc(C(=O)C2C(=O)C(=O)N(CCC[n+]3cc[nH]c3)C2c2ccccc2)cc1. The van der Waals surface area contributed by atoms with E-state index in [2.05, 4.69) is 4.98 Å². The summed E-state index contributed by atoms with van der Waals surface area (Å²) in [5, 5.41) is 0. The van der Waals surface area contributed by atoms with Crippen LogP contribution in [0.1, 0.15) is 33.9 Å². The molecular weight excluding hydrogens is 378 g/mol. The van der Waals surface area contributed by atoms with E-state index >= 15 is 0 Å². The predicted molar refractivity (Wildman–Crippen MR) is 111 cm³/mol. The Morgan fingerprint density at radius 2 is 1.80 bits per heavy atom. The first-order valence-corrected chi connectivity index (χ1v) is 10.1. The van der Waals surface area contributed by atoms with Gasteiger partial charge in [0.2, 0.25) is 12.1 Å². The van der Waals surface area contributed by atoms with Gasteiger partial charge in [-0.05, 0) is 12.5 Å². The summed E-state index contributed by atoms with van der Waals surface area (Å²) in [4.78, 5) is 43.7. The molecule has 0 radical (unpaired) electrons. The average molecular weight is 402 g/mol. The van der Waals surface area contributed by atoms with Crippen LogP contribution >= 0.6 is 0 Å². The van der Waals surface area contributed by atoms with Crippen molar-refractivity contribution >= 4 is 17.5 Å². The third-order valence-electron chi connectivity index (χ3n) is 5.58. The average Bonchev–Trinajstić information content (AvgIpc) is 3.37. The summed E-state index contributed by atoms with van der Waals surface area (Å²) < 4.78 is 1.98. The van der Waals surface area contributed by atoms with Gasteiger partial charge < -0.3 is 4.90 Å². The van der Waals surface area contributed by atoms with Crippen LogP contribution in [0.4, 0.5) is 0 Å². The number of ketones is 2. The zero-order valence-corrected chi connectivity index (χ0v) is 16.8. The van der Waals surface area contributed by atoms with E-state index in [1.54, 1.807) is 17.0 Å². The Bertz CT molecular complexity index is 1040. The molecule has 1 fully saturated rings. The highest BCUT2D eigenvalue weighted by Crippen LogP contribution is 2.38. The van der Waals surface area contributed by atoms with Crippen molar-refractivity contribution in [1.29, 1.82) is 0 Å². The Hall–Kier alpha value is -3.54. The lowest BCUT2D eigenvalue weighted by Gasteiger charge is -2.27. The van der Waals surface area contributed by atoms with Gasteiger partial charge in [0, 0.05) is 18.5 Å². The van der Waals surface area contributed by atoms with Gasteiger partial charge in [-0.1, -0.05) is 60.2 Å². The first-order chi connectivity index (χ1) is 14.6. The lowest BCUT2D eigenvalue weighted by molar-refractivity contribution is -0.695. The van der Waals surface area contributed by atoms with Gasteiger partial charge in [-0.25, -0.2) is 4.57 Å². The molecule has 0 aliphatic carbocycles. The third kappa shape index (κ3) is 3.81. The molecule has 2 unspecified atom stereocenters. The molecule has 3 aromatic rings. The molecule has 1 saturated heterocycles. The fourth-order valence-corrected chi connectivity index (χ4v) is 4.03. The number of rotatable bonds is 7. The maximum Gasteiger partial charge on any atom is 0.291 e. The summed E-state index contributed by atoms with van der Waals surface area (Å²) in [6, 6.07) is 15.9. The van der Waals surface area contributed by atoms with Crippen molar-refractivity contribution in [1.82, 2.24) is 9.88 Å². The lowest BCUT2D eigenvalue weighted by atomic mass is 9.86. The minimum atomic E-state index is -1.03. The predicted octanol–water partition coefficient (Wildman–Crippen LogP) is 2.65. The molecule has 1 aliphatic heterocycles. The maximum absolute atomic E-state index is 13.3. The molecule has 1 N–H and O–H groups in total. The maximum atomic E-state index is 13.3. The van der Waals surface area contributed by atoms with Crippen LogP contribution in [0, 0.1) is 12.8 Å². The number of carbonyl (C=O) groups excluding carboxylic acids is 3. The van der Waals surface area contributed by atoms with E-state index in [0.29, 0.717) is 25.1 Å². The molecule has 4 rings (SSSR count). The fourth-order valence-electron chi connectivity index (χ4n) is 4.03. The highest BCUT2D eigenvalue weighted by molar-refractivity contribution is 6.44. The Morgan fingerprint density at radius 1 is 1.07 bits per heavy atom. The van der Waals surface area contributed by atoms with Crippen LogP contribution in [0.3, 0.4) is 0 Å². The summed E-state index contributed by atoms with van der Waals surface area (Å²) in [5.74, 6) is -2.52. The van der Waals surface area contributed by atoms with E-state index in [-0.39, 0.29) is 5.78 Å². The second-order valence-corrected chi connectivity index (χ2v) is 7.63. The normalized spacial score (nSPS) is 18.8. The van der Waals surface area contributed by atoms with E-state index in [1.807, 2.05) is 72.7 Å². The number of Topliss-reactive ketones (excluding diaryl/α,β-unsaturated/α-hetero) is 2. The van der Waals surface area contributed by atoms with Crippen molar-refractivity contribution in [2.75, 3.05) is 6.54 Å². The second kappa shape index (κ2) is 8.45. The number of aromatic amines is 1. The van der Waals surface area contributed by atoms with Crippen molar-refractivity contribution in [2.24, 2.45) is 5.92 Å². The second-order valence-electron chi connectivity index (χ2n) is 7.63. The zero-order chi connectivity index (χ0) is 21.1. The van der Waals surface area contributed by atoms with Gasteiger partial charge >= 0.3 is 0 Å². The number of H-pyrrole nitrogens is 1. The van der Waals surface area contributed by atoms with E-state index in [9.17, 15) is 14.4 Å². The van der Waals surface area contributed by atoms with Crippen LogP contribution in [0.15, 0.2) is 73.3 Å². The van der Waals surface area contributed by atoms with Gasteiger partial charge in [0.15, 0.2) is 5.78 Å². The van der Waals surface area contributed by atoms with Gasteiger partial charge in [-0.3, -0.25) is 19.4 Å². The number of nitrogens with zero attached hydrogens (tertiary/aromatic N) is 2. The third-order valence-corrected chi connectivity index (χ3v) is 5.58. The van der Waals surface area contributed by atoms with Gasteiger partial charge in [0.25, 0.3) is 5.91 Å². The van der Waals surface area contributed by atoms with Crippen LogP contribution in [0.25, 0.3) is 0 Å². The number of benzene rings is 2. The van der Waals surface area contributed by atoms with Crippen LogP contribution in [0.5, 0.6) is 0 Å². The molecule has 152 valence electrons. The van der Waals surface area contributed by atoms with Crippen LogP contribution < -0.4 is 4.57 Å². The topological polar surface area (TPSA) is 74.1 Å². The number of nitrogens with one attached hydrogen (secondary N) is 1. The molecule has 2 aromatic carbocycles. The monoisotopic (exact) mass is 402 g/mol. The van der Waals surface area contributed by atoms with Crippen molar-refractivity contribution < 1.29 is 19.0 Å². The van der Waals surface area contributed by atoms with Crippen molar-refractivity contribution in [3.05, 3.63) is 90.0 Å². The van der Waals surface area contributed by atoms with Gasteiger partial charge in [-0.2, -0.15) is 0 Å². The first-order valence-electron chi connectivity index (χ1n) is 10.1.